The second-order valence-corrected chi connectivity index (χ2v) is 5.16. The molecule has 1 atom stereocenters. The van der Waals surface area contributed by atoms with Crippen LogP contribution in [0.4, 0.5) is 4.39 Å². The molecule has 0 aliphatic rings. The molecule has 1 aromatic heterocycles. The van der Waals surface area contributed by atoms with E-state index in [9.17, 15) is 9.50 Å². The van der Waals surface area contributed by atoms with E-state index in [1.54, 1.807) is 31.2 Å². The second kappa shape index (κ2) is 4.46. The molecule has 102 valence electrons. The van der Waals surface area contributed by atoms with Crippen molar-refractivity contribution in [3.63, 3.8) is 0 Å². The van der Waals surface area contributed by atoms with E-state index in [1.165, 1.54) is 6.07 Å². The van der Waals surface area contributed by atoms with Crippen LogP contribution in [-0.4, -0.2) is 5.11 Å². The summed E-state index contributed by atoms with van der Waals surface area (Å²) in [5.41, 5.74) is 0.408. The van der Waals surface area contributed by atoms with Crippen molar-refractivity contribution in [2.24, 2.45) is 0 Å². The third kappa shape index (κ3) is 1.91. The lowest BCUT2D eigenvalue weighted by Gasteiger charge is -2.21. The number of fused-ring (bicyclic) bond motifs is 1. The Morgan fingerprint density at radius 1 is 1.10 bits per heavy atom. The Morgan fingerprint density at radius 3 is 2.55 bits per heavy atom. The molecule has 3 rings (SSSR count). The maximum Gasteiger partial charge on any atom is 0.147 e. The van der Waals surface area contributed by atoms with Crippen LogP contribution in [0.25, 0.3) is 11.0 Å². The van der Waals surface area contributed by atoms with Gasteiger partial charge in [-0.3, -0.25) is 0 Å². The zero-order valence-corrected chi connectivity index (χ0v) is 11.4. The number of aryl methyl sites for hydroxylation is 1. The van der Waals surface area contributed by atoms with Gasteiger partial charge in [0, 0.05) is 10.9 Å². The van der Waals surface area contributed by atoms with Crippen LogP contribution in [-0.2, 0) is 5.60 Å². The molecule has 20 heavy (non-hydrogen) atoms. The monoisotopic (exact) mass is 270 g/mol. The highest BCUT2D eigenvalue weighted by Gasteiger charge is 2.32. The van der Waals surface area contributed by atoms with Gasteiger partial charge in [0.25, 0.3) is 0 Å². The highest BCUT2D eigenvalue weighted by molar-refractivity contribution is 5.81. The minimum Gasteiger partial charge on any atom is -0.457 e. The molecule has 0 aliphatic heterocycles. The molecule has 0 bridgehead atoms. The molecule has 1 unspecified atom stereocenters. The van der Waals surface area contributed by atoms with Crippen molar-refractivity contribution in [3.8, 4) is 0 Å². The Bertz CT molecular complexity index is 772. The summed E-state index contributed by atoms with van der Waals surface area (Å²) in [6, 6.07) is 13.7. The highest BCUT2D eigenvalue weighted by atomic mass is 19.1. The van der Waals surface area contributed by atoms with Crippen molar-refractivity contribution in [1.29, 1.82) is 0 Å². The van der Waals surface area contributed by atoms with Gasteiger partial charge in [0.15, 0.2) is 0 Å². The van der Waals surface area contributed by atoms with E-state index < -0.39 is 11.4 Å². The quantitative estimate of drug-likeness (QED) is 0.759. The van der Waals surface area contributed by atoms with E-state index in [1.807, 2.05) is 25.1 Å². The van der Waals surface area contributed by atoms with E-state index in [0.29, 0.717) is 5.76 Å². The zero-order chi connectivity index (χ0) is 14.3. The first-order valence-corrected chi connectivity index (χ1v) is 6.47. The van der Waals surface area contributed by atoms with Crippen LogP contribution >= 0.6 is 0 Å². The molecule has 3 aromatic rings. The zero-order valence-electron chi connectivity index (χ0n) is 11.4. The Labute approximate surface area is 116 Å². The maximum atomic E-state index is 13.9. The number of hydrogen-bond donors (Lipinski definition) is 1. The summed E-state index contributed by atoms with van der Waals surface area (Å²) in [5.74, 6) is -0.110. The predicted molar refractivity (Wildman–Crippen MR) is 76.0 cm³/mol. The van der Waals surface area contributed by atoms with Gasteiger partial charge in [-0.1, -0.05) is 36.4 Å². The summed E-state index contributed by atoms with van der Waals surface area (Å²) in [6.45, 7) is 3.48. The molecule has 1 heterocycles. The number of benzene rings is 2. The molecule has 2 aromatic carbocycles. The molecule has 0 spiro atoms. The largest absolute Gasteiger partial charge is 0.457 e. The van der Waals surface area contributed by atoms with Crippen LogP contribution in [0.2, 0.25) is 0 Å². The number of hydrogen-bond acceptors (Lipinski definition) is 2. The van der Waals surface area contributed by atoms with E-state index in [-0.39, 0.29) is 5.56 Å². The van der Waals surface area contributed by atoms with Crippen molar-refractivity contribution in [1.82, 2.24) is 0 Å². The smallest absolute Gasteiger partial charge is 0.147 e. The molecular formula is C17H15FO2. The summed E-state index contributed by atoms with van der Waals surface area (Å²) >= 11 is 0. The topological polar surface area (TPSA) is 33.4 Å². The summed E-state index contributed by atoms with van der Waals surface area (Å²) < 4.78 is 19.7. The molecule has 0 aliphatic carbocycles. The Kier molecular flexibility index (Phi) is 2.87. The number of halogens is 1. The molecule has 1 N–H and O–H groups in total. The van der Waals surface area contributed by atoms with Crippen molar-refractivity contribution < 1.29 is 13.9 Å². The van der Waals surface area contributed by atoms with Gasteiger partial charge < -0.3 is 9.52 Å². The van der Waals surface area contributed by atoms with Crippen LogP contribution in [0.15, 0.2) is 52.9 Å². The van der Waals surface area contributed by atoms with Crippen molar-refractivity contribution >= 4 is 11.0 Å². The van der Waals surface area contributed by atoms with Crippen LogP contribution < -0.4 is 0 Å². The lowest BCUT2D eigenvalue weighted by Crippen LogP contribution is -2.23. The fraction of sp³-hybridized carbons (Fsp3) is 0.176. The van der Waals surface area contributed by atoms with Crippen LogP contribution in [0.3, 0.4) is 0 Å². The summed E-state index contributed by atoms with van der Waals surface area (Å²) in [4.78, 5) is 0. The normalized spacial score (nSPS) is 14.4. The van der Waals surface area contributed by atoms with E-state index in [4.69, 9.17) is 4.42 Å². The number of furan rings is 1. The predicted octanol–water partition coefficient (Wildman–Crippen LogP) is 4.14. The first-order chi connectivity index (χ1) is 9.50. The number of rotatable bonds is 2. The minimum absolute atomic E-state index is 0.205. The van der Waals surface area contributed by atoms with E-state index in [2.05, 4.69) is 0 Å². The highest BCUT2D eigenvalue weighted by Crippen LogP contribution is 2.35. The van der Waals surface area contributed by atoms with Gasteiger partial charge in [-0.2, -0.15) is 0 Å². The first kappa shape index (κ1) is 12.9. The molecule has 0 fully saturated rings. The van der Waals surface area contributed by atoms with Gasteiger partial charge in [0.1, 0.15) is 22.8 Å². The molecule has 0 radical (unpaired) electrons. The third-order valence-electron chi connectivity index (χ3n) is 3.62. The van der Waals surface area contributed by atoms with Gasteiger partial charge >= 0.3 is 0 Å². The molecule has 0 saturated carbocycles. The summed E-state index contributed by atoms with van der Waals surface area (Å²) in [5, 5.41) is 11.6. The van der Waals surface area contributed by atoms with Gasteiger partial charge in [0.05, 0.1) is 0 Å². The fourth-order valence-electron chi connectivity index (χ4n) is 2.44. The third-order valence-corrected chi connectivity index (χ3v) is 3.62. The Hall–Kier alpha value is -2.13. The summed E-state index contributed by atoms with van der Waals surface area (Å²) in [7, 11) is 0. The first-order valence-electron chi connectivity index (χ1n) is 6.47. The van der Waals surface area contributed by atoms with Gasteiger partial charge in [0.2, 0.25) is 0 Å². The average molecular weight is 270 g/mol. The van der Waals surface area contributed by atoms with Gasteiger partial charge in [-0.25, -0.2) is 4.39 Å². The maximum absolute atomic E-state index is 13.9. The van der Waals surface area contributed by atoms with Crippen molar-refractivity contribution in [2.45, 2.75) is 19.4 Å². The SMILES string of the molecule is Cc1cccc2cc(C(C)(O)c3ccccc3F)oc12. The Morgan fingerprint density at radius 2 is 1.85 bits per heavy atom. The van der Waals surface area contributed by atoms with E-state index in [0.717, 1.165) is 16.5 Å². The van der Waals surface area contributed by atoms with Crippen molar-refractivity contribution in [3.05, 3.63) is 71.2 Å². The molecule has 0 amide bonds. The van der Waals surface area contributed by atoms with Crippen LogP contribution in [0.5, 0.6) is 0 Å². The van der Waals surface area contributed by atoms with E-state index >= 15 is 0 Å². The van der Waals surface area contributed by atoms with Crippen molar-refractivity contribution in [2.75, 3.05) is 0 Å². The number of aliphatic hydroxyl groups is 1. The average Bonchev–Trinajstić information content (AvgIpc) is 2.85. The molecule has 3 heteroatoms. The molecular weight excluding hydrogens is 255 g/mol. The van der Waals surface area contributed by atoms with Crippen LogP contribution in [0.1, 0.15) is 23.8 Å². The summed E-state index contributed by atoms with van der Waals surface area (Å²) in [6.07, 6.45) is 0. The lowest BCUT2D eigenvalue weighted by atomic mass is 9.93. The number of para-hydroxylation sites is 1. The fourth-order valence-corrected chi connectivity index (χ4v) is 2.44. The lowest BCUT2D eigenvalue weighted by molar-refractivity contribution is 0.0747. The standard InChI is InChI=1S/C17H15FO2/c1-11-6-5-7-12-10-15(20-16(11)12)17(2,19)13-8-3-4-9-14(13)18/h3-10,19H,1-2H3. The Balaban J connectivity index is 2.19. The van der Waals surface area contributed by atoms with Gasteiger partial charge in [-0.15, -0.1) is 0 Å². The minimum atomic E-state index is -1.50. The van der Waals surface area contributed by atoms with Gasteiger partial charge in [-0.05, 0) is 31.5 Å². The molecule has 0 saturated heterocycles. The van der Waals surface area contributed by atoms with Crippen LogP contribution in [0, 0.1) is 12.7 Å². The second-order valence-electron chi connectivity index (χ2n) is 5.16. The molecule has 2 nitrogen and oxygen atoms in total.